The molecule has 122 valence electrons. The van der Waals surface area contributed by atoms with E-state index in [2.05, 4.69) is 92.4 Å². The number of fused-ring (bicyclic) bond motifs is 1. The zero-order valence-electron chi connectivity index (χ0n) is 14.7. The van der Waals surface area contributed by atoms with Crippen LogP contribution < -0.4 is 0 Å². The van der Waals surface area contributed by atoms with Gasteiger partial charge in [-0.05, 0) is 46.4 Å². The third-order valence-electron chi connectivity index (χ3n) is 4.69. The Morgan fingerprint density at radius 3 is 2.36 bits per heavy atom. The Morgan fingerprint density at radius 2 is 1.60 bits per heavy atom. The molecule has 0 bridgehead atoms. The van der Waals surface area contributed by atoms with Gasteiger partial charge in [0.1, 0.15) is 0 Å². The van der Waals surface area contributed by atoms with E-state index in [0.29, 0.717) is 5.41 Å². The highest BCUT2D eigenvalue weighted by atomic mass is 14.8. The largest absolute Gasteiger partial charge is 0.289 e. The minimum Gasteiger partial charge on any atom is -0.289 e. The number of nitrogens with zero attached hydrogens (tertiary/aromatic N) is 1. The molecule has 1 heteroatoms. The van der Waals surface area contributed by atoms with Crippen LogP contribution in [0.5, 0.6) is 0 Å². The van der Waals surface area contributed by atoms with E-state index in [0.717, 1.165) is 24.1 Å². The SMILES string of the molecule is CC1(C)CN=C(c2ccc(C#Cc3cccc4ccccc34)cc2)C1. The Bertz CT molecular complexity index is 1010. The third kappa shape index (κ3) is 3.35. The lowest BCUT2D eigenvalue weighted by Gasteiger charge is -2.14. The van der Waals surface area contributed by atoms with Crippen LogP contribution in [0.15, 0.2) is 71.7 Å². The molecule has 1 aliphatic rings. The van der Waals surface area contributed by atoms with Crippen LogP contribution >= 0.6 is 0 Å². The van der Waals surface area contributed by atoms with Crippen LogP contribution in [0.1, 0.15) is 37.0 Å². The molecule has 0 N–H and O–H groups in total. The summed E-state index contributed by atoms with van der Waals surface area (Å²) in [5.74, 6) is 6.62. The van der Waals surface area contributed by atoms with Crippen molar-refractivity contribution in [1.82, 2.24) is 0 Å². The monoisotopic (exact) mass is 323 g/mol. The molecule has 1 aliphatic heterocycles. The molecular formula is C24H21N. The molecule has 1 nitrogen and oxygen atoms in total. The predicted molar refractivity (Wildman–Crippen MR) is 106 cm³/mol. The summed E-state index contributed by atoms with van der Waals surface area (Å²) in [6.07, 6.45) is 1.05. The lowest BCUT2D eigenvalue weighted by molar-refractivity contribution is 0.423. The summed E-state index contributed by atoms with van der Waals surface area (Å²) in [6.45, 7) is 5.46. The zero-order chi connectivity index (χ0) is 17.3. The van der Waals surface area contributed by atoms with Crippen LogP contribution in [-0.2, 0) is 0 Å². The number of aliphatic imine (C=N–C) groups is 1. The summed E-state index contributed by atoms with van der Waals surface area (Å²) >= 11 is 0. The second kappa shape index (κ2) is 6.22. The molecule has 0 spiro atoms. The second-order valence-electron chi connectivity index (χ2n) is 7.46. The molecule has 3 aromatic carbocycles. The summed E-state index contributed by atoms with van der Waals surface area (Å²) < 4.78 is 0. The van der Waals surface area contributed by atoms with Crippen molar-refractivity contribution >= 4 is 16.5 Å². The molecule has 3 aromatic rings. The lowest BCUT2D eigenvalue weighted by Crippen LogP contribution is -2.12. The van der Waals surface area contributed by atoms with Crippen LogP contribution in [0.3, 0.4) is 0 Å². The maximum Gasteiger partial charge on any atom is 0.0447 e. The van der Waals surface area contributed by atoms with Gasteiger partial charge in [0.05, 0.1) is 0 Å². The number of hydrogen-bond donors (Lipinski definition) is 0. The minimum atomic E-state index is 0.294. The molecule has 1 heterocycles. The number of hydrogen-bond acceptors (Lipinski definition) is 1. The van der Waals surface area contributed by atoms with Crippen LogP contribution in [0.4, 0.5) is 0 Å². The van der Waals surface area contributed by atoms with Crippen molar-refractivity contribution in [3.8, 4) is 11.8 Å². The van der Waals surface area contributed by atoms with Gasteiger partial charge in [-0.1, -0.05) is 74.2 Å². The molecule has 0 atom stereocenters. The van der Waals surface area contributed by atoms with E-state index in [9.17, 15) is 0 Å². The van der Waals surface area contributed by atoms with Crippen LogP contribution in [0.2, 0.25) is 0 Å². The van der Waals surface area contributed by atoms with Gasteiger partial charge in [-0.25, -0.2) is 0 Å². The van der Waals surface area contributed by atoms with E-state index in [1.54, 1.807) is 0 Å². The molecule has 0 unspecified atom stereocenters. The van der Waals surface area contributed by atoms with E-state index in [4.69, 9.17) is 4.99 Å². The Kier molecular flexibility index (Phi) is 3.90. The highest BCUT2D eigenvalue weighted by molar-refractivity contribution is 6.02. The molecule has 4 rings (SSSR count). The van der Waals surface area contributed by atoms with Crippen LogP contribution in [0, 0.1) is 17.3 Å². The van der Waals surface area contributed by atoms with Crippen molar-refractivity contribution in [1.29, 1.82) is 0 Å². The average Bonchev–Trinajstić information content (AvgIpc) is 3.00. The summed E-state index contributed by atoms with van der Waals surface area (Å²) in [6, 6.07) is 23.1. The fourth-order valence-electron chi connectivity index (χ4n) is 3.29. The Balaban J connectivity index is 1.59. The van der Waals surface area contributed by atoms with Gasteiger partial charge in [-0.3, -0.25) is 4.99 Å². The van der Waals surface area contributed by atoms with Gasteiger partial charge < -0.3 is 0 Å². The molecule has 0 fully saturated rings. The topological polar surface area (TPSA) is 12.4 Å². The van der Waals surface area contributed by atoms with Crippen molar-refractivity contribution in [3.63, 3.8) is 0 Å². The second-order valence-corrected chi connectivity index (χ2v) is 7.46. The molecule has 0 saturated heterocycles. The summed E-state index contributed by atoms with van der Waals surface area (Å²) in [5.41, 5.74) is 4.85. The van der Waals surface area contributed by atoms with Gasteiger partial charge in [0.2, 0.25) is 0 Å². The normalized spacial score (nSPS) is 15.5. The lowest BCUT2D eigenvalue weighted by atomic mass is 9.88. The highest BCUT2D eigenvalue weighted by Crippen LogP contribution is 2.29. The Labute approximate surface area is 149 Å². The molecule has 0 radical (unpaired) electrons. The summed E-state index contributed by atoms with van der Waals surface area (Å²) in [7, 11) is 0. The van der Waals surface area contributed by atoms with Crippen LogP contribution in [0.25, 0.3) is 10.8 Å². The van der Waals surface area contributed by atoms with Crippen LogP contribution in [-0.4, -0.2) is 12.3 Å². The average molecular weight is 323 g/mol. The molecule has 0 saturated carbocycles. The maximum atomic E-state index is 4.70. The van der Waals surface area contributed by atoms with E-state index < -0.39 is 0 Å². The summed E-state index contributed by atoms with van der Waals surface area (Å²) in [5, 5.41) is 2.43. The molecule has 0 aromatic heterocycles. The quantitative estimate of drug-likeness (QED) is 0.527. The van der Waals surface area contributed by atoms with Crippen molar-refractivity contribution in [2.45, 2.75) is 20.3 Å². The van der Waals surface area contributed by atoms with Gasteiger partial charge >= 0.3 is 0 Å². The highest BCUT2D eigenvalue weighted by Gasteiger charge is 2.26. The van der Waals surface area contributed by atoms with Gasteiger partial charge in [0.25, 0.3) is 0 Å². The fraction of sp³-hybridized carbons (Fsp3) is 0.208. The van der Waals surface area contributed by atoms with E-state index in [-0.39, 0.29) is 0 Å². The van der Waals surface area contributed by atoms with Gasteiger partial charge in [-0.15, -0.1) is 0 Å². The predicted octanol–water partition coefficient (Wildman–Crippen LogP) is 5.46. The first kappa shape index (κ1) is 15.7. The molecule has 0 amide bonds. The maximum absolute atomic E-state index is 4.70. The first-order chi connectivity index (χ1) is 12.1. The fourth-order valence-corrected chi connectivity index (χ4v) is 3.29. The minimum absolute atomic E-state index is 0.294. The first-order valence-electron chi connectivity index (χ1n) is 8.74. The molecular weight excluding hydrogens is 302 g/mol. The van der Waals surface area contributed by atoms with E-state index in [1.165, 1.54) is 22.0 Å². The van der Waals surface area contributed by atoms with E-state index in [1.807, 2.05) is 0 Å². The number of benzene rings is 3. The standard InChI is InChI=1S/C24H21N/c1-24(2)16-23(25-17-24)21-14-11-18(12-15-21)10-13-20-8-5-7-19-6-3-4-9-22(19)20/h3-9,11-12,14-15H,16-17H2,1-2H3. The Hall–Kier alpha value is -2.85. The van der Waals surface area contributed by atoms with Crippen molar-refractivity contribution in [2.75, 3.05) is 6.54 Å². The zero-order valence-corrected chi connectivity index (χ0v) is 14.7. The van der Waals surface area contributed by atoms with Gasteiger partial charge in [0.15, 0.2) is 0 Å². The smallest absolute Gasteiger partial charge is 0.0447 e. The third-order valence-corrected chi connectivity index (χ3v) is 4.69. The van der Waals surface area contributed by atoms with Crippen molar-refractivity contribution in [3.05, 3.63) is 83.4 Å². The number of rotatable bonds is 1. The van der Waals surface area contributed by atoms with Gasteiger partial charge in [0, 0.05) is 23.4 Å². The molecule has 25 heavy (non-hydrogen) atoms. The summed E-state index contributed by atoms with van der Waals surface area (Å²) in [4.78, 5) is 4.70. The van der Waals surface area contributed by atoms with Crippen molar-refractivity contribution in [2.24, 2.45) is 10.4 Å². The van der Waals surface area contributed by atoms with Crippen molar-refractivity contribution < 1.29 is 0 Å². The first-order valence-corrected chi connectivity index (χ1v) is 8.74. The van der Waals surface area contributed by atoms with E-state index >= 15 is 0 Å². The Morgan fingerprint density at radius 1 is 0.840 bits per heavy atom. The van der Waals surface area contributed by atoms with Gasteiger partial charge in [-0.2, -0.15) is 0 Å². The molecule has 0 aliphatic carbocycles.